The molecule has 0 atom stereocenters. The molecule has 0 aliphatic carbocycles. The van der Waals surface area contributed by atoms with Gasteiger partial charge in [-0.1, -0.05) is 18.2 Å². The number of amides is 1. The lowest BCUT2D eigenvalue weighted by molar-refractivity contribution is -0.111. The van der Waals surface area contributed by atoms with Crippen molar-refractivity contribution in [1.82, 2.24) is 4.90 Å². The third-order valence-electron chi connectivity index (χ3n) is 2.14. The first-order chi connectivity index (χ1) is 8.11. The van der Waals surface area contributed by atoms with E-state index in [0.29, 0.717) is 0 Å². The van der Waals surface area contributed by atoms with Crippen molar-refractivity contribution >= 4 is 24.0 Å². The van der Waals surface area contributed by atoms with Gasteiger partial charge >= 0.3 is 0 Å². The number of aliphatic hydroxyl groups excluding tert-OH is 1. The lowest BCUT2D eigenvalue weighted by Gasteiger charge is -2.05. The van der Waals surface area contributed by atoms with Crippen molar-refractivity contribution in [2.75, 3.05) is 26.0 Å². The topological polar surface area (TPSA) is 52.6 Å². The zero-order valence-corrected chi connectivity index (χ0v) is 11.4. The van der Waals surface area contributed by atoms with Crippen LogP contribution in [0.1, 0.15) is 5.56 Å². The monoisotopic (exact) mass is 270 g/mol. The summed E-state index contributed by atoms with van der Waals surface area (Å²) in [6.07, 6.45) is 3.32. The van der Waals surface area contributed by atoms with E-state index in [2.05, 4.69) is 5.32 Å². The minimum atomic E-state index is -0.149. The summed E-state index contributed by atoms with van der Waals surface area (Å²) in [6, 6.07) is 7.09. The molecular weight excluding hydrogens is 252 g/mol. The summed E-state index contributed by atoms with van der Waals surface area (Å²) < 4.78 is 0. The van der Waals surface area contributed by atoms with Crippen molar-refractivity contribution in [3.05, 3.63) is 42.0 Å². The quantitative estimate of drug-likeness (QED) is 0.800. The van der Waals surface area contributed by atoms with Crippen LogP contribution in [-0.2, 0) is 11.4 Å². The molecule has 18 heavy (non-hydrogen) atoms. The Labute approximate surface area is 114 Å². The second kappa shape index (κ2) is 8.69. The van der Waals surface area contributed by atoms with E-state index in [4.69, 9.17) is 5.11 Å². The molecule has 100 valence electrons. The van der Waals surface area contributed by atoms with E-state index in [1.807, 2.05) is 19.0 Å². The number of halogens is 1. The first-order valence-electron chi connectivity index (χ1n) is 5.44. The SMILES string of the molecule is CN(C)CC=CC(=O)Nc1ccc(CO)cc1.Cl. The number of carbonyl (C=O) groups is 1. The van der Waals surface area contributed by atoms with E-state index in [0.717, 1.165) is 17.8 Å². The van der Waals surface area contributed by atoms with Crippen LogP contribution >= 0.6 is 12.4 Å². The Balaban J connectivity index is 0.00000289. The molecule has 1 amide bonds. The lowest BCUT2D eigenvalue weighted by Crippen LogP contribution is -2.12. The van der Waals surface area contributed by atoms with Crippen LogP contribution in [0.2, 0.25) is 0 Å². The standard InChI is InChI=1S/C13H18N2O2.ClH/c1-15(2)9-3-4-13(17)14-12-7-5-11(10-16)6-8-12;/h3-8,16H,9-10H2,1-2H3,(H,14,17);1H. The molecule has 4 nitrogen and oxygen atoms in total. The molecule has 1 aromatic carbocycles. The Morgan fingerprint density at radius 2 is 1.94 bits per heavy atom. The van der Waals surface area contributed by atoms with Gasteiger partial charge in [0.1, 0.15) is 0 Å². The molecule has 0 unspecified atom stereocenters. The molecule has 1 aromatic rings. The number of nitrogens with zero attached hydrogens (tertiary/aromatic N) is 1. The highest BCUT2D eigenvalue weighted by molar-refractivity contribution is 5.99. The Bertz CT molecular complexity index is 388. The first kappa shape index (κ1) is 16.6. The molecule has 0 aliphatic heterocycles. The molecule has 0 spiro atoms. The fourth-order valence-corrected chi connectivity index (χ4v) is 1.25. The summed E-state index contributed by atoms with van der Waals surface area (Å²) in [6.45, 7) is 0.744. The van der Waals surface area contributed by atoms with Crippen molar-refractivity contribution < 1.29 is 9.90 Å². The van der Waals surface area contributed by atoms with Gasteiger partial charge in [-0.25, -0.2) is 0 Å². The van der Waals surface area contributed by atoms with Crippen LogP contribution < -0.4 is 5.32 Å². The van der Waals surface area contributed by atoms with Crippen LogP contribution in [0, 0.1) is 0 Å². The number of nitrogens with one attached hydrogen (secondary N) is 1. The predicted molar refractivity (Wildman–Crippen MR) is 75.9 cm³/mol. The fraction of sp³-hybridized carbons (Fsp3) is 0.308. The van der Waals surface area contributed by atoms with E-state index in [-0.39, 0.29) is 24.9 Å². The van der Waals surface area contributed by atoms with Gasteiger partial charge in [0.2, 0.25) is 5.91 Å². The summed E-state index contributed by atoms with van der Waals surface area (Å²) in [4.78, 5) is 13.5. The number of hydrogen-bond acceptors (Lipinski definition) is 3. The van der Waals surface area contributed by atoms with Gasteiger partial charge < -0.3 is 15.3 Å². The average molecular weight is 271 g/mol. The Morgan fingerprint density at radius 3 is 2.44 bits per heavy atom. The number of rotatable bonds is 5. The molecule has 2 N–H and O–H groups in total. The molecule has 0 radical (unpaired) electrons. The average Bonchev–Trinajstić information content (AvgIpc) is 2.29. The van der Waals surface area contributed by atoms with Gasteiger partial charge in [-0.3, -0.25) is 4.79 Å². The van der Waals surface area contributed by atoms with E-state index in [1.54, 1.807) is 30.3 Å². The van der Waals surface area contributed by atoms with Gasteiger partial charge in [0, 0.05) is 18.3 Å². The van der Waals surface area contributed by atoms with E-state index in [9.17, 15) is 4.79 Å². The van der Waals surface area contributed by atoms with Gasteiger partial charge in [0.15, 0.2) is 0 Å². The molecule has 0 fully saturated rings. The maximum atomic E-state index is 11.5. The molecule has 0 bridgehead atoms. The molecule has 0 aliphatic rings. The number of aliphatic hydroxyl groups is 1. The van der Waals surface area contributed by atoms with E-state index < -0.39 is 0 Å². The number of likely N-dealkylation sites (N-methyl/N-ethyl adjacent to an activating group) is 1. The number of carbonyl (C=O) groups excluding carboxylic acids is 1. The minimum absolute atomic E-state index is 0. The summed E-state index contributed by atoms with van der Waals surface area (Å²) in [5.41, 5.74) is 1.55. The maximum absolute atomic E-state index is 11.5. The van der Waals surface area contributed by atoms with Crippen molar-refractivity contribution in [3.63, 3.8) is 0 Å². The first-order valence-corrected chi connectivity index (χ1v) is 5.44. The van der Waals surface area contributed by atoms with Crippen LogP contribution in [-0.4, -0.2) is 36.6 Å². The molecule has 0 saturated heterocycles. The van der Waals surface area contributed by atoms with E-state index >= 15 is 0 Å². The van der Waals surface area contributed by atoms with Crippen LogP contribution in [0.4, 0.5) is 5.69 Å². The van der Waals surface area contributed by atoms with Crippen LogP contribution in [0.3, 0.4) is 0 Å². The zero-order valence-electron chi connectivity index (χ0n) is 10.6. The van der Waals surface area contributed by atoms with Crippen LogP contribution in [0.15, 0.2) is 36.4 Å². The normalized spacial score (nSPS) is 10.4. The number of anilines is 1. The summed E-state index contributed by atoms with van der Waals surface area (Å²) >= 11 is 0. The van der Waals surface area contributed by atoms with Crippen molar-refractivity contribution in [2.24, 2.45) is 0 Å². The predicted octanol–water partition coefficient (Wildman–Crippen LogP) is 1.66. The summed E-state index contributed by atoms with van der Waals surface area (Å²) in [7, 11) is 3.88. The second-order valence-corrected chi connectivity index (χ2v) is 4.01. The summed E-state index contributed by atoms with van der Waals surface area (Å²) in [5, 5.41) is 11.6. The number of benzene rings is 1. The Morgan fingerprint density at radius 1 is 1.33 bits per heavy atom. The second-order valence-electron chi connectivity index (χ2n) is 4.01. The summed E-state index contributed by atoms with van der Waals surface area (Å²) in [5.74, 6) is -0.149. The van der Waals surface area contributed by atoms with Crippen LogP contribution in [0.25, 0.3) is 0 Å². The minimum Gasteiger partial charge on any atom is -0.392 e. The number of hydrogen-bond donors (Lipinski definition) is 2. The van der Waals surface area contributed by atoms with Gasteiger partial charge in [-0.05, 0) is 31.8 Å². The third kappa shape index (κ3) is 6.39. The van der Waals surface area contributed by atoms with E-state index in [1.165, 1.54) is 6.08 Å². The highest BCUT2D eigenvalue weighted by Crippen LogP contribution is 2.09. The Hall–Kier alpha value is -1.36. The Kier molecular flexibility index (Phi) is 8.03. The molecule has 0 aromatic heterocycles. The van der Waals surface area contributed by atoms with Gasteiger partial charge in [-0.2, -0.15) is 0 Å². The van der Waals surface area contributed by atoms with Crippen LogP contribution in [0.5, 0.6) is 0 Å². The van der Waals surface area contributed by atoms with Gasteiger partial charge in [-0.15, -0.1) is 12.4 Å². The van der Waals surface area contributed by atoms with Crippen molar-refractivity contribution in [1.29, 1.82) is 0 Å². The maximum Gasteiger partial charge on any atom is 0.248 e. The molecule has 0 saturated carbocycles. The molecular formula is C13H19ClN2O2. The van der Waals surface area contributed by atoms with Gasteiger partial charge in [0.05, 0.1) is 6.61 Å². The highest BCUT2D eigenvalue weighted by Gasteiger charge is 1.97. The molecule has 0 heterocycles. The smallest absolute Gasteiger partial charge is 0.248 e. The molecule has 1 rings (SSSR count). The van der Waals surface area contributed by atoms with Gasteiger partial charge in [0.25, 0.3) is 0 Å². The highest BCUT2D eigenvalue weighted by atomic mass is 35.5. The lowest BCUT2D eigenvalue weighted by atomic mass is 10.2. The van der Waals surface area contributed by atoms with Crippen molar-refractivity contribution in [2.45, 2.75) is 6.61 Å². The fourth-order valence-electron chi connectivity index (χ4n) is 1.25. The zero-order chi connectivity index (χ0) is 12.7. The largest absolute Gasteiger partial charge is 0.392 e. The molecule has 5 heteroatoms. The van der Waals surface area contributed by atoms with Crippen molar-refractivity contribution in [3.8, 4) is 0 Å². The third-order valence-corrected chi connectivity index (χ3v) is 2.14.